The standard InChI is InChI=1S/C21H21F6N3O3S/c22-20(23,24)12-30-34(32,33)18-9-15(19(29-11-18)28-10-13-4-5-13)8-17(31)7-14-2-1-3-16(6-14)21(25,26)27/h1-3,6,9,11,13,30H,4-5,7-8,10,12H2,(H,28,29). The molecule has 1 aliphatic rings. The van der Waals surface area contributed by atoms with Gasteiger partial charge >= 0.3 is 12.4 Å². The van der Waals surface area contributed by atoms with Crippen molar-refractivity contribution in [1.82, 2.24) is 9.71 Å². The van der Waals surface area contributed by atoms with Crippen molar-refractivity contribution in [3.63, 3.8) is 0 Å². The minimum atomic E-state index is -4.77. The highest BCUT2D eigenvalue weighted by atomic mass is 32.2. The van der Waals surface area contributed by atoms with E-state index in [1.54, 1.807) is 0 Å². The van der Waals surface area contributed by atoms with Gasteiger partial charge in [-0.3, -0.25) is 4.79 Å². The normalized spacial score (nSPS) is 14.8. The lowest BCUT2D eigenvalue weighted by atomic mass is 10.0. The van der Waals surface area contributed by atoms with Gasteiger partial charge in [0.1, 0.15) is 23.0 Å². The maximum Gasteiger partial charge on any atom is 0.416 e. The summed E-state index contributed by atoms with van der Waals surface area (Å²) in [4.78, 5) is 16.0. The number of aromatic nitrogens is 1. The average molecular weight is 509 g/mol. The quantitative estimate of drug-likeness (QED) is 0.471. The van der Waals surface area contributed by atoms with Gasteiger partial charge in [-0.25, -0.2) is 18.1 Å². The van der Waals surface area contributed by atoms with Gasteiger partial charge in [0.25, 0.3) is 0 Å². The first kappa shape index (κ1) is 25.9. The van der Waals surface area contributed by atoms with Crippen molar-refractivity contribution < 1.29 is 39.6 Å². The van der Waals surface area contributed by atoms with Crippen LogP contribution >= 0.6 is 0 Å². The minimum absolute atomic E-state index is 0.118. The second-order valence-electron chi connectivity index (χ2n) is 8.03. The van der Waals surface area contributed by atoms with Crippen LogP contribution in [0.3, 0.4) is 0 Å². The Balaban J connectivity index is 1.81. The zero-order valence-electron chi connectivity index (χ0n) is 17.6. The number of Topliss-reactive ketones (excluding diaryl/α,β-unsaturated/α-hetero) is 1. The molecular weight excluding hydrogens is 488 g/mol. The van der Waals surface area contributed by atoms with E-state index in [1.807, 2.05) is 0 Å². The van der Waals surface area contributed by atoms with Gasteiger partial charge in [0.05, 0.1) is 5.56 Å². The molecule has 1 heterocycles. The summed E-state index contributed by atoms with van der Waals surface area (Å²) < 4.78 is 102. The largest absolute Gasteiger partial charge is 0.416 e. The third-order valence-corrected chi connectivity index (χ3v) is 6.38. The number of halogens is 6. The molecular formula is C21H21F6N3O3S. The number of hydrogen-bond acceptors (Lipinski definition) is 5. The first-order valence-corrected chi connectivity index (χ1v) is 11.7. The first-order chi connectivity index (χ1) is 15.7. The van der Waals surface area contributed by atoms with E-state index in [0.717, 1.165) is 37.2 Å². The molecule has 2 aromatic rings. The Morgan fingerprint density at radius 2 is 1.76 bits per heavy atom. The molecule has 34 heavy (non-hydrogen) atoms. The molecule has 1 aromatic heterocycles. The van der Waals surface area contributed by atoms with E-state index < -0.39 is 45.2 Å². The van der Waals surface area contributed by atoms with Crippen molar-refractivity contribution in [2.75, 3.05) is 18.4 Å². The predicted molar refractivity (Wildman–Crippen MR) is 111 cm³/mol. The summed E-state index contributed by atoms with van der Waals surface area (Å²) in [6.45, 7) is -1.26. The van der Waals surface area contributed by atoms with Gasteiger partial charge in [0.2, 0.25) is 10.0 Å². The van der Waals surface area contributed by atoms with Gasteiger partial charge in [-0.05, 0) is 36.5 Å². The number of ketones is 1. The van der Waals surface area contributed by atoms with Crippen molar-refractivity contribution in [2.24, 2.45) is 5.92 Å². The number of anilines is 1. The number of pyridine rings is 1. The summed E-state index contributed by atoms with van der Waals surface area (Å²) in [6, 6.07) is 5.31. The van der Waals surface area contributed by atoms with Gasteiger partial charge in [0, 0.05) is 31.1 Å². The summed E-state index contributed by atoms with van der Waals surface area (Å²) in [6.07, 6.45) is -7.21. The van der Waals surface area contributed by atoms with Crippen LogP contribution in [-0.2, 0) is 33.8 Å². The summed E-state index contributed by atoms with van der Waals surface area (Å²) in [7, 11) is -4.56. The van der Waals surface area contributed by atoms with Crippen LogP contribution in [0.2, 0.25) is 0 Å². The number of nitrogens with zero attached hydrogens (tertiary/aromatic N) is 1. The fourth-order valence-electron chi connectivity index (χ4n) is 3.11. The Labute approximate surface area is 191 Å². The van der Waals surface area contributed by atoms with Crippen LogP contribution in [0.15, 0.2) is 41.4 Å². The maximum atomic E-state index is 12.9. The summed E-state index contributed by atoms with van der Waals surface area (Å²) >= 11 is 0. The molecule has 3 rings (SSSR count). The number of alkyl halides is 6. The molecule has 0 atom stereocenters. The topological polar surface area (TPSA) is 88.2 Å². The Kier molecular flexibility index (Phi) is 7.56. The third-order valence-electron chi connectivity index (χ3n) is 5.01. The highest BCUT2D eigenvalue weighted by Crippen LogP contribution is 2.31. The van der Waals surface area contributed by atoms with Gasteiger partial charge < -0.3 is 5.32 Å². The summed E-state index contributed by atoms with van der Waals surface area (Å²) in [5, 5.41) is 3.00. The van der Waals surface area contributed by atoms with Gasteiger partial charge in [-0.2, -0.15) is 26.3 Å². The lowest BCUT2D eigenvalue weighted by molar-refractivity contribution is -0.137. The second kappa shape index (κ2) is 9.90. The Hall–Kier alpha value is -2.67. The summed E-state index contributed by atoms with van der Waals surface area (Å²) in [5.74, 6) is 0.0692. The molecule has 6 nitrogen and oxygen atoms in total. The van der Waals surface area contributed by atoms with Crippen LogP contribution in [0.1, 0.15) is 29.5 Å². The molecule has 0 saturated heterocycles. The second-order valence-corrected chi connectivity index (χ2v) is 9.80. The Bertz CT molecular complexity index is 1150. The average Bonchev–Trinajstić information content (AvgIpc) is 3.55. The van der Waals surface area contributed by atoms with Crippen LogP contribution in [-0.4, -0.2) is 38.5 Å². The number of hydrogen-bond donors (Lipinski definition) is 2. The zero-order valence-corrected chi connectivity index (χ0v) is 18.4. The zero-order chi connectivity index (χ0) is 25.1. The Morgan fingerprint density at radius 1 is 1.06 bits per heavy atom. The van der Waals surface area contributed by atoms with Gasteiger partial charge in [0.15, 0.2) is 0 Å². The molecule has 0 unspecified atom stereocenters. The van der Waals surface area contributed by atoms with Crippen LogP contribution in [0.5, 0.6) is 0 Å². The van der Waals surface area contributed by atoms with E-state index >= 15 is 0 Å². The van der Waals surface area contributed by atoms with E-state index in [4.69, 9.17) is 0 Å². The van der Waals surface area contributed by atoms with E-state index in [2.05, 4.69) is 10.3 Å². The van der Waals surface area contributed by atoms with E-state index in [-0.39, 0.29) is 29.8 Å². The number of sulfonamides is 1. The lowest BCUT2D eigenvalue weighted by Crippen LogP contribution is -2.34. The third kappa shape index (κ3) is 7.69. The van der Waals surface area contributed by atoms with Crippen molar-refractivity contribution in [2.45, 2.75) is 42.9 Å². The Morgan fingerprint density at radius 3 is 2.38 bits per heavy atom. The molecule has 0 bridgehead atoms. The first-order valence-electron chi connectivity index (χ1n) is 10.2. The predicted octanol–water partition coefficient (Wildman–Crippen LogP) is 4.12. The monoisotopic (exact) mass is 509 g/mol. The number of rotatable bonds is 10. The molecule has 0 aliphatic heterocycles. The molecule has 1 aliphatic carbocycles. The van der Waals surface area contributed by atoms with E-state index in [0.29, 0.717) is 12.5 Å². The molecule has 186 valence electrons. The van der Waals surface area contributed by atoms with Crippen molar-refractivity contribution in [3.8, 4) is 0 Å². The molecule has 1 aromatic carbocycles. The van der Waals surface area contributed by atoms with Crippen LogP contribution < -0.4 is 10.0 Å². The molecule has 2 N–H and O–H groups in total. The molecule has 0 amide bonds. The number of nitrogens with one attached hydrogen (secondary N) is 2. The highest BCUT2D eigenvalue weighted by molar-refractivity contribution is 7.89. The van der Waals surface area contributed by atoms with Gasteiger partial charge in [-0.1, -0.05) is 18.2 Å². The van der Waals surface area contributed by atoms with Crippen LogP contribution in [0.4, 0.5) is 32.2 Å². The van der Waals surface area contributed by atoms with Crippen LogP contribution in [0, 0.1) is 5.92 Å². The molecule has 13 heteroatoms. The number of carbonyl (C=O) groups excluding carboxylic acids is 1. The van der Waals surface area contributed by atoms with E-state index in [1.165, 1.54) is 16.9 Å². The smallest absolute Gasteiger partial charge is 0.370 e. The molecule has 0 spiro atoms. The van der Waals surface area contributed by atoms with Crippen molar-refractivity contribution in [1.29, 1.82) is 0 Å². The number of benzene rings is 1. The SMILES string of the molecule is O=C(Cc1cccc(C(F)(F)F)c1)Cc1cc(S(=O)(=O)NCC(F)(F)F)cnc1NCC1CC1. The van der Waals surface area contributed by atoms with Crippen LogP contribution in [0.25, 0.3) is 0 Å². The molecule has 1 fully saturated rings. The van der Waals surface area contributed by atoms with Crippen molar-refractivity contribution in [3.05, 3.63) is 53.2 Å². The lowest BCUT2D eigenvalue weighted by Gasteiger charge is -2.14. The molecule has 1 saturated carbocycles. The fraction of sp³-hybridized carbons (Fsp3) is 0.429. The minimum Gasteiger partial charge on any atom is -0.370 e. The fourth-order valence-corrected chi connectivity index (χ4v) is 4.12. The maximum absolute atomic E-state index is 12.9. The van der Waals surface area contributed by atoms with Crippen molar-refractivity contribution >= 4 is 21.6 Å². The highest BCUT2D eigenvalue weighted by Gasteiger charge is 2.31. The summed E-state index contributed by atoms with van der Waals surface area (Å²) in [5.41, 5.74) is -0.668. The molecule has 0 radical (unpaired) electrons. The van der Waals surface area contributed by atoms with E-state index in [9.17, 15) is 39.6 Å². The van der Waals surface area contributed by atoms with Gasteiger partial charge in [-0.15, -0.1) is 0 Å². The number of carbonyl (C=O) groups is 1.